The number of carbonyl (C=O) groups is 2. The Morgan fingerprint density at radius 1 is 1.32 bits per heavy atom. The number of methoxy groups -OCH3 is 1. The Balaban J connectivity index is 1.32. The van der Waals surface area contributed by atoms with Gasteiger partial charge in [0.25, 0.3) is 6.01 Å². The number of unbranched alkanes of at least 4 members (excludes halogenated alkanes) is 1. The van der Waals surface area contributed by atoms with Crippen LogP contribution in [-0.2, 0) is 25.5 Å². The van der Waals surface area contributed by atoms with E-state index >= 15 is 0 Å². The number of likely N-dealkylation sites (tertiary alicyclic amines) is 1. The average Bonchev–Trinajstić information content (AvgIpc) is 3.44. The van der Waals surface area contributed by atoms with Crippen molar-refractivity contribution in [2.75, 3.05) is 32.2 Å². The fourth-order valence-electron chi connectivity index (χ4n) is 4.77. The van der Waals surface area contributed by atoms with Gasteiger partial charge < -0.3 is 24.1 Å². The molecule has 2 aliphatic rings. The van der Waals surface area contributed by atoms with Crippen molar-refractivity contribution >= 4 is 29.0 Å². The summed E-state index contributed by atoms with van der Waals surface area (Å²) in [6.45, 7) is 5.00. The minimum Gasteiger partial charge on any atom is -0.469 e. The monoisotopic (exact) mass is 513 g/mol. The first kappa shape index (κ1) is 26.9. The van der Waals surface area contributed by atoms with Crippen LogP contribution in [0.4, 0.5) is 10.4 Å². The molecule has 4 rings (SSSR count). The zero-order valence-electron chi connectivity index (χ0n) is 21.8. The van der Waals surface area contributed by atoms with Crippen LogP contribution < -0.4 is 5.32 Å². The summed E-state index contributed by atoms with van der Waals surface area (Å²) in [6.07, 6.45) is 8.13. The highest BCUT2D eigenvalue weighted by molar-refractivity contribution is 5.82. The molecule has 1 aliphatic heterocycles. The van der Waals surface area contributed by atoms with Crippen molar-refractivity contribution in [3.05, 3.63) is 47.6 Å². The number of hydrogen-bond acceptors (Lipinski definition) is 7. The lowest BCUT2D eigenvalue weighted by atomic mass is 9.86. The van der Waals surface area contributed by atoms with E-state index in [0.29, 0.717) is 43.0 Å². The number of halogens is 1. The maximum atomic E-state index is 14.2. The molecule has 0 saturated carbocycles. The van der Waals surface area contributed by atoms with Crippen molar-refractivity contribution in [3.63, 3.8) is 0 Å². The van der Waals surface area contributed by atoms with Crippen LogP contribution in [0, 0.1) is 0 Å². The second kappa shape index (κ2) is 11.9. The number of allylic oxidation sites excluding steroid dienone is 2. The number of oxazole rings is 1. The molecule has 1 unspecified atom stereocenters. The predicted molar refractivity (Wildman–Crippen MR) is 139 cm³/mol. The Kier molecular flexibility index (Phi) is 8.63. The van der Waals surface area contributed by atoms with Crippen molar-refractivity contribution in [2.45, 2.75) is 70.1 Å². The quantitative estimate of drug-likeness (QED) is 0.342. The molecular weight excluding hydrogens is 477 g/mol. The normalized spacial score (nSPS) is 23.4. The molecule has 1 saturated heterocycles. The van der Waals surface area contributed by atoms with E-state index in [9.17, 15) is 14.0 Å². The lowest BCUT2D eigenvalue weighted by molar-refractivity contribution is -0.140. The van der Waals surface area contributed by atoms with Crippen LogP contribution in [0.15, 0.2) is 46.4 Å². The summed E-state index contributed by atoms with van der Waals surface area (Å²) in [4.78, 5) is 30.4. The third-order valence-corrected chi connectivity index (χ3v) is 7.21. The summed E-state index contributed by atoms with van der Waals surface area (Å²) in [7, 11) is 1.37. The summed E-state index contributed by atoms with van der Waals surface area (Å²) >= 11 is 0. The van der Waals surface area contributed by atoms with Gasteiger partial charge in [-0.05, 0) is 56.4 Å². The highest BCUT2D eigenvalue weighted by atomic mass is 19.1. The molecule has 3 atom stereocenters. The molecule has 0 radical (unpaired) electrons. The first-order chi connectivity index (χ1) is 17.8. The van der Waals surface area contributed by atoms with Gasteiger partial charge >= 0.3 is 5.97 Å². The number of nitrogens with zero attached hydrogens (tertiary/aromatic N) is 2. The van der Waals surface area contributed by atoms with Gasteiger partial charge in [-0.1, -0.05) is 24.3 Å². The topological polar surface area (TPSA) is 93.9 Å². The molecule has 1 fully saturated rings. The van der Waals surface area contributed by atoms with Crippen LogP contribution in [0.1, 0.15) is 51.5 Å². The standard InChI is InChI=1S/C28H36FN3O5/c1-19-8-4-6-12-28(19,2)31-27-30-23-11-10-20(14-24(23)37-27)15-25(33)32-17-21(29)16-22(32)18-36-13-7-5-9-26(34)35-3/h4,6,8,10-11,14,21-22H,5,7,9,12-13,15-18H2,1-3H3,(H,30,31)/t21-,22-,28?/m0/s1. The summed E-state index contributed by atoms with van der Waals surface area (Å²) in [5.74, 6) is -0.383. The van der Waals surface area contributed by atoms with Crippen LogP contribution in [-0.4, -0.2) is 66.4 Å². The Hall–Kier alpha value is -3.20. The van der Waals surface area contributed by atoms with E-state index in [1.807, 2.05) is 24.3 Å². The molecule has 0 bridgehead atoms. The van der Waals surface area contributed by atoms with Crippen LogP contribution in [0.2, 0.25) is 0 Å². The zero-order valence-corrected chi connectivity index (χ0v) is 21.8. The van der Waals surface area contributed by atoms with Gasteiger partial charge in [-0.3, -0.25) is 9.59 Å². The number of anilines is 1. The summed E-state index contributed by atoms with van der Waals surface area (Å²) in [5, 5.41) is 3.40. The van der Waals surface area contributed by atoms with Crippen molar-refractivity contribution in [1.82, 2.24) is 9.88 Å². The fraction of sp³-hybridized carbons (Fsp3) is 0.536. The van der Waals surface area contributed by atoms with Gasteiger partial charge in [0, 0.05) is 19.4 Å². The zero-order chi connectivity index (χ0) is 26.4. The first-order valence-electron chi connectivity index (χ1n) is 12.9. The summed E-state index contributed by atoms with van der Waals surface area (Å²) < 4.78 is 30.5. The minimum absolute atomic E-state index is 0.0771. The van der Waals surface area contributed by atoms with E-state index in [1.165, 1.54) is 12.7 Å². The number of amides is 1. The van der Waals surface area contributed by atoms with Crippen LogP contribution in [0.25, 0.3) is 11.1 Å². The second-order valence-corrected chi connectivity index (χ2v) is 10.1. The number of ether oxygens (including phenoxy) is 2. The van der Waals surface area contributed by atoms with Crippen LogP contribution >= 0.6 is 0 Å². The lowest BCUT2D eigenvalue weighted by Gasteiger charge is -2.31. The minimum atomic E-state index is -1.06. The van der Waals surface area contributed by atoms with E-state index in [-0.39, 0.29) is 49.5 Å². The van der Waals surface area contributed by atoms with Gasteiger partial charge in [-0.2, -0.15) is 4.98 Å². The van der Waals surface area contributed by atoms with Gasteiger partial charge in [0.1, 0.15) is 11.7 Å². The first-order valence-corrected chi connectivity index (χ1v) is 12.9. The van der Waals surface area contributed by atoms with Crippen molar-refractivity contribution in [3.8, 4) is 0 Å². The number of carbonyl (C=O) groups excluding carboxylic acids is 2. The van der Waals surface area contributed by atoms with Gasteiger partial charge in [0.15, 0.2) is 5.58 Å². The van der Waals surface area contributed by atoms with E-state index in [0.717, 1.165) is 12.0 Å². The Morgan fingerprint density at radius 3 is 2.95 bits per heavy atom. The maximum Gasteiger partial charge on any atom is 0.305 e. The maximum absolute atomic E-state index is 14.2. The van der Waals surface area contributed by atoms with Gasteiger partial charge in [-0.15, -0.1) is 0 Å². The smallest absolute Gasteiger partial charge is 0.305 e. The van der Waals surface area contributed by atoms with E-state index < -0.39 is 6.17 Å². The fourth-order valence-corrected chi connectivity index (χ4v) is 4.77. The number of nitrogens with one attached hydrogen (secondary N) is 1. The Morgan fingerprint density at radius 2 is 2.16 bits per heavy atom. The molecule has 37 heavy (non-hydrogen) atoms. The third-order valence-electron chi connectivity index (χ3n) is 7.21. The Bertz CT molecular complexity index is 1180. The largest absolute Gasteiger partial charge is 0.469 e. The highest BCUT2D eigenvalue weighted by Crippen LogP contribution is 2.31. The van der Waals surface area contributed by atoms with Crippen molar-refractivity contribution < 1.29 is 27.9 Å². The number of aromatic nitrogens is 1. The van der Waals surface area contributed by atoms with E-state index in [2.05, 4.69) is 41.0 Å². The van der Waals surface area contributed by atoms with Gasteiger partial charge in [-0.25, -0.2) is 4.39 Å². The molecule has 0 spiro atoms. The van der Waals surface area contributed by atoms with E-state index in [4.69, 9.17) is 9.15 Å². The summed E-state index contributed by atoms with van der Waals surface area (Å²) in [5.41, 5.74) is 3.01. The van der Waals surface area contributed by atoms with Crippen LogP contribution in [0.3, 0.4) is 0 Å². The molecule has 9 heteroatoms. The number of fused-ring (bicyclic) bond motifs is 1. The van der Waals surface area contributed by atoms with Crippen molar-refractivity contribution in [2.24, 2.45) is 0 Å². The number of esters is 1. The van der Waals surface area contributed by atoms with Crippen LogP contribution in [0.5, 0.6) is 0 Å². The summed E-state index contributed by atoms with van der Waals surface area (Å²) in [6, 6.07) is 5.67. The SMILES string of the molecule is COC(=O)CCCCOC[C@@H]1C[C@H](F)CN1C(=O)Cc1ccc2nc(NC3(C)CC=CC=C3C)oc2c1. The number of rotatable bonds is 11. The molecule has 2 aromatic rings. The van der Waals surface area contributed by atoms with E-state index in [1.54, 1.807) is 4.90 Å². The second-order valence-electron chi connectivity index (χ2n) is 10.1. The lowest BCUT2D eigenvalue weighted by Crippen LogP contribution is -2.39. The molecule has 1 aliphatic carbocycles. The molecule has 1 aromatic heterocycles. The van der Waals surface area contributed by atoms with Gasteiger partial charge in [0.05, 0.1) is 38.3 Å². The number of benzene rings is 1. The highest BCUT2D eigenvalue weighted by Gasteiger charge is 2.35. The number of alkyl halides is 1. The molecule has 8 nitrogen and oxygen atoms in total. The van der Waals surface area contributed by atoms with Crippen molar-refractivity contribution in [1.29, 1.82) is 0 Å². The molecular formula is C28H36FN3O5. The number of hydrogen-bond donors (Lipinski definition) is 1. The molecule has 1 amide bonds. The average molecular weight is 514 g/mol. The molecule has 2 heterocycles. The predicted octanol–water partition coefficient (Wildman–Crippen LogP) is 4.75. The molecule has 1 N–H and O–H groups in total. The molecule has 1 aromatic carbocycles. The third kappa shape index (κ3) is 6.77. The Labute approximate surface area is 216 Å². The molecule has 200 valence electrons. The van der Waals surface area contributed by atoms with Gasteiger partial charge in [0.2, 0.25) is 5.91 Å².